The smallest absolute Gasteiger partial charge is 0.246 e. The number of pyridine rings is 1. The first kappa shape index (κ1) is 9.95. The molecule has 0 fully saturated rings. The number of halogens is 4. The van der Waals surface area contributed by atoms with Crippen molar-refractivity contribution >= 4 is 0 Å². The van der Waals surface area contributed by atoms with Crippen LogP contribution in [-0.2, 0) is 20.0 Å². The molecule has 0 aromatic carbocycles. The minimum absolute atomic E-state index is 0.0780. The monoisotopic (exact) mass is 194 g/mol. The lowest BCUT2D eigenvalue weighted by atomic mass is 10.2. The summed E-state index contributed by atoms with van der Waals surface area (Å²) in [6.07, 6.45) is 0. The molecule has 1 heterocycles. The Bertz CT molecular complexity index is 275. The Morgan fingerprint density at radius 2 is 1.38 bits per heavy atom. The average molecular weight is 194 g/mol. The van der Waals surface area contributed by atoms with Gasteiger partial charge in [-0.2, -0.15) is 0 Å². The molecule has 0 saturated carbocycles. The largest absolute Gasteiger partial charge is 0.261 e. The number of rotatable bonds is 3. The Labute approximate surface area is 72.6 Å². The van der Waals surface area contributed by atoms with Crippen molar-refractivity contribution in [1.82, 2.24) is 0 Å². The number of hydrogen-bond donors (Lipinski definition) is 0. The van der Waals surface area contributed by atoms with Crippen molar-refractivity contribution in [3.05, 3.63) is 29.1 Å². The Morgan fingerprint density at radius 1 is 0.923 bits per heavy atom. The summed E-state index contributed by atoms with van der Waals surface area (Å²) in [5.41, 5.74) is -0.667. The summed E-state index contributed by atoms with van der Waals surface area (Å²) in [5.74, 6) is 0. The first-order chi connectivity index (χ1) is 6.22. The van der Waals surface area contributed by atoms with Crippen LogP contribution >= 0.6 is 0 Å². The van der Waals surface area contributed by atoms with Crippen molar-refractivity contribution in [3.63, 3.8) is 0 Å². The van der Waals surface area contributed by atoms with E-state index in [1.807, 2.05) is 0 Å². The maximum absolute atomic E-state index is 12.9. The molecule has 1 aromatic rings. The van der Waals surface area contributed by atoms with E-state index < -0.39 is 20.0 Å². The van der Waals surface area contributed by atoms with Crippen LogP contribution in [0, 0.1) is 0 Å². The normalized spacial score (nSPS) is 10.5. The molecule has 0 aliphatic carbocycles. The molecule has 0 saturated heterocycles. The highest BCUT2D eigenvalue weighted by Gasteiger charge is 2.19. The number of hydrogen-bond acceptors (Lipinski definition) is 0. The van der Waals surface area contributed by atoms with Crippen molar-refractivity contribution in [2.75, 3.05) is 0 Å². The number of alkyl halides is 3. The van der Waals surface area contributed by atoms with Gasteiger partial charge in [-0.25, -0.2) is 13.2 Å². The lowest BCUT2D eigenvalue weighted by Gasteiger charge is -1.96. The molecule has 0 bridgehead atoms. The quantitative estimate of drug-likeness (QED) is 0.649. The van der Waals surface area contributed by atoms with Gasteiger partial charge in [-0.1, -0.05) is 0 Å². The van der Waals surface area contributed by atoms with Crippen molar-refractivity contribution < 1.29 is 22.4 Å². The predicted molar refractivity (Wildman–Crippen MR) is 37.6 cm³/mol. The third-order valence-corrected chi connectivity index (χ3v) is 1.64. The first-order valence-corrected chi connectivity index (χ1v) is 3.63. The third-order valence-electron chi connectivity index (χ3n) is 1.64. The molecule has 1 nitrogen and oxygen atoms in total. The minimum atomic E-state index is -1.09. The zero-order valence-corrected chi connectivity index (χ0v) is 6.74. The van der Waals surface area contributed by atoms with E-state index in [9.17, 15) is 17.7 Å². The standard InChI is InChI=1S/C8H8F4N/c9-3-6-1-7(4-10)13(12)8(2-6)5-11/h1-2H,3-5H2/q+1. The van der Waals surface area contributed by atoms with E-state index in [0.29, 0.717) is 0 Å². The molecule has 0 spiro atoms. The summed E-state index contributed by atoms with van der Waals surface area (Å²) in [4.78, 5) is -0.0981. The second kappa shape index (κ2) is 4.20. The fourth-order valence-electron chi connectivity index (χ4n) is 1.03. The number of nitrogens with zero attached hydrogens (tertiary/aromatic N) is 1. The van der Waals surface area contributed by atoms with Gasteiger partial charge >= 0.3 is 0 Å². The van der Waals surface area contributed by atoms with Crippen molar-refractivity contribution in [3.8, 4) is 0 Å². The lowest BCUT2D eigenvalue weighted by Crippen LogP contribution is -2.33. The molecule has 1 aromatic heterocycles. The fraction of sp³-hybridized carbons (Fsp3) is 0.375. The Balaban J connectivity index is 3.20. The number of aromatic nitrogens is 1. The Kier molecular flexibility index (Phi) is 3.22. The first-order valence-electron chi connectivity index (χ1n) is 3.63. The highest BCUT2D eigenvalue weighted by atomic mass is 19.2. The fourth-order valence-corrected chi connectivity index (χ4v) is 1.03. The van der Waals surface area contributed by atoms with Crippen LogP contribution in [-0.4, -0.2) is 0 Å². The Hall–Kier alpha value is -1.13. The summed E-state index contributed by atoms with van der Waals surface area (Å²) in [6.45, 7) is -3.03. The molecule has 72 valence electrons. The van der Waals surface area contributed by atoms with Gasteiger partial charge in [0, 0.05) is 16.9 Å². The van der Waals surface area contributed by atoms with Crippen molar-refractivity contribution in [2.45, 2.75) is 20.0 Å². The van der Waals surface area contributed by atoms with E-state index >= 15 is 0 Å². The molecule has 0 amide bonds. The van der Waals surface area contributed by atoms with E-state index in [4.69, 9.17) is 0 Å². The molecule has 1 rings (SSSR count). The molecular weight excluding hydrogens is 186 g/mol. The molecule has 0 unspecified atom stereocenters. The molecule has 0 aliphatic heterocycles. The topological polar surface area (TPSA) is 3.88 Å². The third kappa shape index (κ3) is 1.96. The van der Waals surface area contributed by atoms with Gasteiger partial charge < -0.3 is 0 Å². The molecule has 5 heteroatoms. The summed E-state index contributed by atoms with van der Waals surface area (Å²) in [5, 5.41) is 0. The minimum Gasteiger partial charge on any atom is -0.246 e. The second-order valence-electron chi connectivity index (χ2n) is 2.53. The van der Waals surface area contributed by atoms with Crippen LogP contribution in [0.2, 0.25) is 0 Å². The Morgan fingerprint density at radius 3 is 1.69 bits per heavy atom. The average Bonchev–Trinajstić information content (AvgIpc) is 2.18. The molecule has 0 aliphatic rings. The van der Waals surface area contributed by atoms with Gasteiger partial charge in [-0.15, -0.1) is 0 Å². The van der Waals surface area contributed by atoms with E-state index in [1.54, 1.807) is 0 Å². The van der Waals surface area contributed by atoms with Crippen molar-refractivity contribution in [1.29, 1.82) is 0 Å². The summed E-state index contributed by atoms with van der Waals surface area (Å²) in [6, 6.07) is 2.05. The van der Waals surface area contributed by atoms with Crippen LogP contribution in [0.5, 0.6) is 0 Å². The molecule has 13 heavy (non-hydrogen) atoms. The molecule has 0 N–H and O–H groups in total. The highest BCUT2D eigenvalue weighted by Crippen LogP contribution is 2.08. The van der Waals surface area contributed by atoms with Crippen LogP contribution in [0.25, 0.3) is 0 Å². The summed E-state index contributed by atoms with van der Waals surface area (Å²) >= 11 is 0. The van der Waals surface area contributed by atoms with Crippen molar-refractivity contribution in [2.24, 2.45) is 0 Å². The summed E-state index contributed by atoms with van der Waals surface area (Å²) in [7, 11) is 0. The van der Waals surface area contributed by atoms with Gasteiger partial charge in [-0.3, -0.25) is 0 Å². The highest BCUT2D eigenvalue weighted by molar-refractivity contribution is 5.15. The second-order valence-corrected chi connectivity index (χ2v) is 2.53. The molecule has 0 atom stereocenters. The molecule has 0 radical (unpaired) electrons. The van der Waals surface area contributed by atoms with Gasteiger partial charge in [0.25, 0.3) is 11.4 Å². The predicted octanol–water partition coefficient (Wildman–Crippen LogP) is 2.12. The maximum Gasteiger partial charge on any atom is 0.261 e. The molecular formula is C8H8F4N+. The van der Waals surface area contributed by atoms with Crippen LogP contribution in [0.3, 0.4) is 0 Å². The maximum atomic E-state index is 12.9. The zero-order chi connectivity index (χ0) is 9.84. The van der Waals surface area contributed by atoms with Crippen LogP contribution in [0.1, 0.15) is 17.0 Å². The van der Waals surface area contributed by atoms with Gasteiger partial charge in [0.2, 0.25) is 0 Å². The van der Waals surface area contributed by atoms with E-state index in [0.717, 1.165) is 12.1 Å². The van der Waals surface area contributed by atoms with Gasteiger partial charge in [0.05, 0.1) is 4.48 Å². The van der Waals surface area contributed by atoms with Crippen LogP contribution in [0.4, 0.5) is 17.7 Å². The lowest BCUT2D eigenvalue weighted by molar-refractivity contribution is -0.856. The van der Waals surface area contributed by atoms with Gasteiger partial charge in [0.15, 0.2) is 13.3 Å². The van der Waals surface area contributed by atoms with Crippen LogP contribution < -0.4 is 4.79 Å². The SMILES string of the molecule is FCc1cc(CF)[n+](F)c(CF)c1. The van der Waals surface area contributed by atoms with E-state index in [2.05, 4.69) is 0 Å². The van der Waals surface area contributed by atoms with E-state index in [1.165, 1.54) is 0 Å². The van der Waals surface area contributed by atoms with Gasteiger partial charge in [-0.05, 0) is 5.56 Å². The van der Waals surface area contributed by atoms with E-state index in [-0.39, 0.29) is 21.7 Å². The van der Waals surface area contributed by atoms with Gasteiger partial charge in [0.1, 0.15) is 6.67 Å². The van der Waals surface area contributed by atoms with Crippen LogP contribution in [0.15, 0.2) is 12.1 Å². The summed E-state index contributed by atoms with van der Waals surface area (Å²) < 4.78 is 49.2. The zero-order valence-electron chi connectivity index (χ0n) is 6.74.